The Bertz CT molecular complexity index is 1120. The number of benzene rings is 2. The Hall–Kier alpha value is -2.78. The molecule has 166 valence electrons. The lowest BCUT2D eigenvalue weighted by molar-refractivity contribution is -0.385. The van der Waals surface area contributed by atoms with Crippen LogP contribution in [0.15, 0.2) is 35.2 Å². The maximum atomic E-state index is 13.4. The summed E-state index contributed by atoms with van der Waals surface area (Å²) in [6, 6.07) is 8.20. The van der Waals surface area contributed by atoms with E-state index in [4.69, 9.17) is 0 Å². The normalized spacial score (nSPS) is 17.4. The average Bonchev–Trinajstić information content (AvgIpc) is 2.68. The van der Waals surface area contributed by atoms with Gasteiger partial charge in [-0.1, -0.05) is 23.8 Å². The van der Waals surface area contributed by atoms with E-state index in [1.165, 1.54) is 16.4 Å². The molecule has 1 atom stereocenters. The van der Waals surface area contributed by atoms with Crippen LogP contribution in [-0.2, 0) is 14.8 Å². The number of nitrogens with zero attached hydrogens (tertiary/aromatic N) is 2. The maximum absolute atomic E-state index is 13.4. The number of sulfonamides is 1. The van der Waals surface area contributed by atoms with Gasteiger partial charge in [0.2, 0.25) is 15.9 Å². The summed E-state index contributed by atoms with van der Waals surface area (Å²) >= 11 is 0. The first-order chi connectivity index (χ1) is 14.5. The third kappa shape index (κ3) is 4.62. The summed E-state index contributed by atoms with van der Waals surface area (Å²) < 4.78 is 28.1. The molecule has 3 rings (SSSR count). The Kier molecular flexibility index (Phi) is 6.47. The molecule has 2 aromatic rings. The van der Waals surface area contributed by atoms with E-state index >= 15 is 0 Å². The SMILES string of the molecule is Cc1cc(C)c(S(=O)(=O)N2CCC[C@@H](C(=O)Nc3cccc([N+](=O)[O-])c3C)C2)c(C)c1. The van der Waals surface area contributed by atoms with E-state index in [0.717, 1.165) is 5.56 Å². The molecule has 0 spiro atoms. The molecular formula is C22H27N3O5S. The van der Waals surface area contributed by atoms with Crippen LogP contribution in [0.4, 0.5) is 11.4 Å². The van der Waals surface area contributed by atoms with Gasteiger partial charge < -0.3 is 5.32 Å². The number of anilines is 1. The topological polar surface area (TPSA) is 110 Å². The highest BCUT2D eigenvalue weighted by Gasteiger charge is 2.35. The van der Waals surface area contributed by atoms with Crippen LogP contribution in [0, 0.1) is 43.7 Å². The molecule has 1 fully saturated rings. The Morgan fingerprint density at radius 3 is 2.42 bits per heavy atom. The zero-order valence-electron chi connectivity index (χ0n) is 18.1. The van der Waals surface area contributed by atoms with Crippen LogP contribution in [0.2, 0.25) is 0 Å². The molecular weight excluding hydrogens is 418 g/mol. The number of rotatable bonds is 5. The van der Waals surface area contributed by atoms with Gasteiger partial charge in [-0.15, -0.1) is 0 Å². The summed E-state index contributed by atoms with van der Waals surface area (Å²) in [6.07, 6.45) is 1.12. The van der Waals surface area contributed by atoms with Crippen LogP contribution in [0.25, 0.3) is 0 Å². The van der Waals surface area contributed by atoms with Gasteiger partial charge in [-0.3, -0.25) is 14.9 Å². The second-order valence-electron chi connectivity index (χ2n) is 8.13. The molecule has 0 bridgehead atoms. The minimum Gasteiger partial charge on any atom is -0.325 e. The molecule has 8 nitrogen and oxygen atoms in total. The van der Waals surface area contributed by atoms with E-state index in [1.54, 1.807) is 26.8 Å². The standard InChI is InChI=1S/C22H27N3O5S/c1-14-11-15(2)21(16(3)12-14)31(29,30)24-10-6-7-18(13-24)22(26)23-19-8-5-9-20(17(19)4)25(27)28/h5,8-9,11-12,18H,6-7,10,13H2,1-4H3,(H,23,26)/t18-/m1/s1. The summed E-state index contributed by atoms with van der Waals surface area (Å²) in [4.78, 5) is 23.8. The number of piperidine rings is 1. The quantitative estimate of drug-likeness (QED) is 0.555. The first-order valence-corrected chi connectivity index (χ1v) is 11.6. The third-order valence-corrected chi connectivity index (χ3v) is 7.89. The fourth-order valence-corrected chi connectivity index (χ4v) is 6.20. The third-order valence-electron chi connectivity index (χ3n) is 5.72. The summed E-state index contributed by atoms with van der Waals surface area (Å²) in [5, 5.41) is 13.9. The van der Waals surface area contributed by atoms with Crippen LogP contribution in [0.3, 0.4) is 0 Å². The second kappa shape index (κ2) is 8.76. The lowest BCUT2D eigenvalue weighted by Gasteiger charge is -2.32. The smallest absolute Gasteiger partial charge is 0.274 e. The van der Waals surface area contributed by atoms with Gasteiger partial charge in [-0.25, -0.2) is 8.42 Å². The van der Waals surface area contributed by atoms with Crippen molar-refractivity contribution >= 4 is 27.3 Å². The first kappa shape index (κ1) is 22.9. The molecule has 0 aliphatic carbocycles. The molecule has 1 aliphatic rings. The number of nitrogens with one attached hydrogen (secondary N) is 1. The summed E-state index contributed by atoms with van der Waals surface area (Å²) in [5.74, 6) is -0.867. The van der Waals surface area contributed by atoms with Gasteiger partial charge in [-0.2, -0.15) is 4.31 Å². The zero-order valence-corrected chi connectivity index (χ0v) is 19.0. The molecule has 0 aromatic heterocycles. The summed E-state index contributed by atoms with van der Waals surface area (Å²) in [6.45, 7) is 7.50. The summed E-state index contributed by atoms with van der Waals surface area (Å²) in [7, 11) is -3.74. The second-order valence-corrected chi connectivity index (χ2v) is 10.0. The van der Waals surface area contributed by atoms with E-state index < -0.39 is 20.9 Å². The molecule has 1 aliphatic heterocycles. The number of nitro benzene ring substituents is 1. The number of carbonyl (C=O) groups is 1. The highest BCUT2D eigenvalue weighted by Crippen LogP contribution is 2.30. The molecule has 0 unspecified atom stereocenters. The lowest BCUT2D eigenvalue weighted by atomic mass is 9.98. The number of nitro groups is 1. The molecule has 1 N–H and O–H groups in total. The van der Waals surface area contributed by atoms with Crippen LogP contribution in [0.1, 0.15) is 35.1 Å². The molecule has 0 radical (unpaired) electrons. The Balaban J connectivity index is 1.82. The van der Waals surface area contributed by atoms with Crippen molar-refractivity contribution in [3.8, 4) is 0 Å². The maximum Gasteiger partial charge on any atom is 0.274 e. The number of aryl methyl sites for hydroxylation is 3. The van der Waals surface area contributed by atoms with Crippen molar-refractivity contribution in [3.63, 3.8) is 0 Å². The monoisotopic (exact) mass is 445 g/mol. The van der Waals surface area contributed by atoms with Gasteiger partial charge in [-0.05, 0) is 57.7 Å². The minimum absolute atomic E-state index is 0.0732. The van der Waals surface area contributed by atoms with Crippen LogP contribution in [-0.4, -0.2) is 36.6 Å². The van der Waals surface area contributed by atoms with Crippen LogP contribution in [0.5, 0.6) is 0 Å². The Labute approximate surface area is 182 Å². The van der Waals surface area contributed by atoms with Crippen molar-refractivity contribution in [2.75, 3.05) is 18.4 Å². The van der Waals surface area contributed by atoms with Crippen molar-refractivity contribution in [3.05, 3.63) is 62.7 Å². The van der Waals surface area contributed by atoms with E-state index in [9.17, 15) is 23.3 Å². The van der Waals surface area contributed by atoms with E-state index in [-0.39, 0.29) is 18.1 Å². The number of carbonyl (C=O) groups excluding carboxylic acids is 1. The predicted octanol–water partition coefficient (Wildman–Crippen LogP) is 3.87. The molecule has 9 heteroatoms. The fourth-order valence-electron chi connectivity index (χ4n) is 4.27. The average molecular weight is 446 g/mol. The number of hydrogen-bond acceptors (Lipinski definition) is 5. The van der Waals surface area contributed by atoms with Crippen molar-refractivity contribution in [2.45, 2.75) is 45.4 Å². The molecule has 1 heterocycles. The number of amides is 1. The van der Waals surface area contributed by atoms with Crippen LogP contribution >= 0.6 is 0 Å². The zero-order chi connectivity index (χ0) is 22.9. The van der Waals surface area contributed by atoms with Crippen molar-refractivity contribution in [2.24, 2.45) is 5.92 Å². The van der Waals surface area contributed by atoms with Gasteiger partial charge in [0, 0.05) is 19.2 Å². The van der Waals surface area contributed by atoms with Crippen molar-refractivity contribution < 1.29 is 18.1 Å². The van der Waals surface area contributed by atoms with E-state index in [1.807, 2.05) is 19.1 Å². The first-order valence-electron chi connectivity index (χ1n) is 10.1. The molecule has 1 amide bonds. The molecule has 0 saturated carbocycles. The minimum atomic E-state index is -3.74. The Morgan fingerprint density at radius 2 is 1.81 bits per heavy atom. The largest absolute Gasteiger partial charge is 0.325 e. The van der Waals surface area contributed by atoms with Gasteiger partial charge in [0.15, 0.2) is 0 Å². The van der Waals surface area contributed by atoms with Gasteiger partial charge in [0.25, 0.3) is 5.69 Å². The molecule has 1 saturated heterocycles. The van der Waals surface area contributed by atoms with Gasteiger partial charge in [0.05, 0.1) is 27.0 Å². The molecule has 2 aromatic carbocycles. The summed E-state index contributed by atoms with van der Waals surface area (Å²) in [5.41, 5.74) is 3.04. The highest BCUT2D eigenvalue weighted by atomic mass is 32.2. The van der Waals surface area contributed by atoms with Gasteiger partial charge in [0.1, 0.15) is 0 Å². The predicted molar refractivity (Wildman–Crippen MR) is 119 cm³/mol. The lowest BCUT2D eigenvalue weighted by Crippen LogP contribution is -2.44. The van der Waals surface area contributed by atoms with Crippen molar-refractivity contribution in [1.82, 2.24) is 4.31 Å². The van der Waals surface area contributed by atoms with Gasteiger partial charge >= 0.3 is 0 Å². The highest BCUT2D eigenvalue weighted by molar-refractivity contribution is 7.89. The van der Waals surface area contributed by atoms with Crippen molar-refractivity contribution in [1.29, 1.82) is 0 Å². The van der Waals surface area contributed by atoms with E-state index in [0.29, 0.717) is 46.7 Å². The fraction of sp³-hybridized carbons (Fsp3) is 0.409. The van der Waals surface area contributed by atoms with E-state index in [2.05, 4.69) is 5.32 Å². The van der Waals surface area contributed by atoms with Crippen LogP contribution < -0.4 is 5.32 Å². The molecule has 31 heavy (non-hydrogen) atoms. The Morgan fingerprint density at radius 1 is 1.16 bits per heavy atom. The number of hydrogen-bond donors (Lipinski definition) is 1.